The summed E-state index contributed by atoms with van der Waals surface area (Å²) in [7, 11) is 0. The van der Waals surface area contributed by atoms with E-state index in [-0.39, 0.29) is 12.0 Å². The van der Waals surface area contributed by atoms with E-state index in [9.17, 15) is 13.2 Å². The highest BCUT2D eigenvalue weighted by molar-refractivity contribution is 4.84. The Kier molecular flexibility index (Phi) is 6.56. The molecule has 0 aliphatic carbocycles. The zero-order valence-corrected chi connectivity index (χ0v) is 11.7. The van der Waals surface area contributed by atoms with Gasteiger partial charge >= 0.3 is 6.18 Å². The first-order valence-corrected chi connectivity index (χ1v) is 6.79. The van der Waals surface area contributed by atoms with Gasteiger partial charge in [-0.2, -0.15) is 13.2 Å². The highest BCUT2D eigenvalue weighted by atomic mass is 19.4. The second-order valence-electron chi connectivity index (χ2n) is 5.57. The quantitative estimate of drug-likeness (QED) is 0.729. The van der Waals surface area contributed by atoms with Crippen LogP contribution in [0.3, 0.4) is 0 Å². The van der Waals surface area contributed by atoms with E-state index in [0.29, 0.717) is 25.7 Å². The molecule has 0 aromatic carbocycles. The van der Waals surface area contributed by atoms with Crippen molar-refractivity contribution in [1.29, 1.82) is 0 Å². The van der Waals surface area contributed by atoms with Crippen LogP contribution in [0, 0.1) is 5.41 Å². The molecular formula is C13H24F3NO2. The van der Waals surface area contributed by atoms with Gasteiger partial charge in [0.2, 0.25) is 0 Å². The Morgan fingerprint density at radius 3 is 2.42 bits per heavy atom. The van der Waals surface area contributed by atoms with E-state index in [1.54, 1.807) is 0 Å². The van der Waals surface area contributed by atoms with E-state index >= 15 is 0 Å². The van der Waals surface area contributed by atoms with Crippen LogP contribution in [0.1, 0.15) is 33.1 Å². The van der Waals surface area contributed by atoms with Gasteiger partial charge in [0.1, 0.15) is 6.61 Å². The highest BCUT2D eigenvalue weighted by Gasteiger charge is 2.33. The minimum absolute atomic E-state index is 0.00805. The maximum Gasteiger partial charge on any atom is 0.411 e. The van der Waals surface area contributed by atoms with Crippen molar-refractivity contribution in [2.75, 3.05) is 33.0 Å². The molecule has 0 aromatic heterocycles. The number of nitrogens with one attached hydrogen (secondary N) is 1. The monoisotopic (exact) mass is 283 g/mol. The van der Waals surface area contributed by atoms with Gasteiger partial charge in [-0.1, -0.05) is 13.8 Å². The Bertz CT molecular complexity index is 251. The van der Waals surface area contributed by atoms with E-state index in [4.69, 9.17) is 9.47 Å². The summed E-state index contributed by atoms with van der Waals surface area (Å²) in [5, 5.41) is 3.38. The van der Waals surface area contributed by atoms with Crippen LogP contribution >= 0.6 is 0 Å². The number of alkyl halides is 3. The number of ether oxygens (including phenoxy) is 2. The van der Waals surface area contributed by atoms with E-state index in [1.807, 2.05) is 0 Å². The van der Waals surface area contributed by atoms with Crippen LogP contribution in [0.4, 0.5) is 13.2 Å². The highest BCUT2D eigenvalue weighted by Crippen LogP contribution is 2.33. The summed E-state index contributed by atoms with van der Waals surface area (Å²) >= 11 is 0. The maximum absolute atomic E-state index is 12.0. The van der Waals surface area contributed by atoms with Gasteiger partial charge in [0.05, 0.1) is 0 Å². The van der Waals surface area contributed by atoms with Gasteiger partial charge in [-0.15, -0.1) is 0 Å². The van der Waals surface area contributed by atoms with Crippen molar-refractivity contribution in [2.45, 2.75) is 45.3 Å². The molecule has 1 rings (SSSR count). The molecule has 1 fully saturated rings. The molecule has 6 heteroatoms. The molecule has 0 amide bonds. The second-order valence-corrected chi connectivity index (χ2v) is 5.57. The third-order valence-electron chi connectivity index (χ3n) is 3.48. The Morgan fingerprint density at radius 1 is 1.26 bits per heavy atom. The molecular weight excluding hydrogens is 259 g/mol. The minimum atomic E-state index is -4.24. The van der Waals surface area contributed by atoms with Crippen molar-refractivity contribution in [3.05, 3.63) is 0 Å². The second kappa shape index (κ2) is 7.45. The summed E-state index contributed by atoms with van der Waals surface area (Å²) < 4.78 is 46.1. The van der Waals surface area contributed by atoms with E-state index in [0.717, 1.165) is 19.4 Å². The summed E-state index contributed by atoms with van der Waals surface area (Å²) in [4.78, 5) is 0. The average molecular weight is 283 g/mol. The zero-order valence-electron chi connectivity index (χ0n) is 11.7. The zero-order chi connectivity index (χ0) is 14.4. The van der Waals surface area contributed by atoms with E-state index in [1.165, 1.54) is 0 Å². The normalized spacial score (nSPS) is 19.9. The average Bonchev–Trinajstić information content (AvgIpc) is 2.33. The fourth-order valence-corrected chi connectivity index (χ4v) is 2.22. The number of halogens is 3. The number of hydrogen-bond acceptors (Lipinski definition) is 3. The van der Waals surface area contributed by atoms with Gasteiger partial charge < -0.3 is 14.8 Å². The number of hydrogen-bond donors (Lipinski definition) is 1. The van der Waals surface area contributed by atoms with E-state index in [2.05, 4.69) is 19.2 Å². The SMILES string of the molecule is CC(C)NCC1(CCOCC(F)(F)F)CCOCC1. The van der Waals surface area contributed by atoms with Crippen LogP contribution in [0.15, 0.2) is 0 Å². The lowest BCUT2D eigenvalue weighted by Crippen LogP contribution is -2.42. The first kappa shape index (κ1) is 16.7. The summed E-state index contributed by atoms with van der Waals surface area (Å²) in [6.07, 6.45) is -1.84. The smallest absolute Gasteiger partial charge is 0.381 e. The predicted octanol–water partition coefficient (Wildman–Crippen LogP) is 2.75. The Balaban J connectivity index is 2.36. The van der Waals surface area contributed by atoms with Crippen LogP contribution in [-0.2, 0) is 9.47 Å². The minimum Gasteiger partial charge on any atom is -0.381 e. The molecule has 3 nitrogen and oxygen atoms in total. The summed E-state index contributed by atoms with van der Waals surface area (Å²) in [6, 6.07) is 0.371. The Morgan fingerprint density at radius 2 is 1.89 bits per heavy atom. The molecule has 0 radical (unpaired) electrons. The van der Waals surface area contributed by atoms with Gasteiger partial charge in [-0.25, -0.2) is 0 Å². The third-order valence-corrected chi connectivity index (χ3v) is 3.48. The Hall–Kier alpha value is -0.330. The molecule has 0 bridgehead atoms. The topological polar surface area (TPSA) is 30.5 Å². The molecule has 1 aliphatic rings. The van der Waals surface area contributed by atoms with E-state index < -0.39 is 12.8 Å². The molecule has 114 valence electrons. The molecule has 0 aromatic rings. The van der Waals surface area contributed by atoms with Gasteiger partial charge in [0.15, 0.2) is 0 Å². The molecule has 0 saturated carbocycles. The lowest BCUT2D eigenvalue weighted by atomic mass is 9.77. The predicted molar refractivity (Wildman–Crippen MR) is 67.1 cm³/mol. The van der Waals surface area contributed by atoms with Crippen molar-refractivity contribution < 1.29 is 22.6 Å². The fraction of sp³-hybridized carbons (Fsp3) is 1.00. The molecule has 0 spiro atoms. The molecule has 1 N–H and O–H groups in total. The van der Waals surface area contributed by atoms with Crippen LogP contribution in [0.5, 0.6) is 0 Å². The summed E-state index contributed by atoms with van der Waals surface area (Å²) in [5.41, 5.74) is 0.00805. The van der Waals surface area contributed by atoms with Crippen LogP contribution in [0.2, 0.25) is 0 Å². The molecule has 1 aliphatic heterocycles. The van der Waals surface area contributed by atoms with Gasteiger partial charge in [0, 0.05) is 32.4 Å². The van der Waals surface area contributed by atoms with Crippen LogP contribution in [-0.4, -0.2) is 45.2 Å². The van der Waals surface area contributed by atoms with Crippen LogP contribution < -0.4 is 5.32 Å². The van der Waals surface area contributed by atoms with Gasteiger partial charge in [0.25, 0.3) is 0 Å². The van der Waals surface area contributed by atoms with Gasteiger partial charge in [-0.3, -0.25) is 0 Å². The largest absolute Gasteiger partial charge is 0.411 e. The van der Waals surface area contributed by atoms with Gasteiger partial charge in [-0.05, 0) is 24.7 Å². The van der Waals surface area contributed by atoms with Crippen molar-refractivity contribution in [3.8, 4) is 0 Å². The maximum atomic E-state index is 12.0. The van der Waals surface area contributed by atoms with Crippen LogP contribution in [0.25, 0.3) is 0 Å². The summed E-state index contributed by atoms with van der Waals surface area (Å²) in [5.74, 6) is 0. The van der Waals surface area contributed by atoms with Crippen molar-refractivity contribution in [3.63, 3.8) is 0 Å². The molecule has 0 unspecified atom stereocenters. The Labute approximate surface area is 112 Å². The fourth-order valence-electron chi connectivity index (χ4n) is 2.22. The summed E-state index contributed by atoms with van der Waals surface area (Å²) in [6.45, 7) is 5.29. The lowest BCUT2D eigenvalue weighted by molar-refractivity contribution is -0.176. The van der Waals surface area contributed by atoms with Crippen molar-refractivity contribution in [1.82, 2.24) is 5.32 Å². The standard InChI is InChI=1S/C13H24F3NO2/c1-11(2)17-9-12(3-6-18-7-4-12)5-8-19-10-13(14,15)16/h11,17H,3-10H2,1-2H3. The molecule has 19 heavy (non-hydrogen) atoms. The molecule has 1 saturated heterocycles. The van der Waals surface area contributed by atoms with Crippen molar-refractivity contribution in [2.24, 2.45) is 5.41 Å². The first-order valence-electron chi connectivity index (χ1n) is 6.79. The lowest BCUT2D eigenvalue weighted by Gasteiger charge is -2.38. The first-order chi connectivity index (χ1) is 8.83. The number of rotatable bonds is 7. The molecule has 0 atom stereocenters. The van der Waals surface area contributed by atoms with Crippen molar-refractivity contribution >= 4 is 0 Å². The third kappa shape index (κ3) is 7.13. The molecule has 1 heterocycles.